The zero-order valence-electron chi connectivity index (χ0n) is 23.2. The smallest absolute Gasteiger partial charge is 0.390 e. The molecule has 1 aromatic heterocycles. The zero-order valence-corrected chi connectivity index (χ0v) is 24.0. The minimum atomic E-state index is -4.47. The van der Waals surface area contributed by atoms with E-state index in [0.29, 0.717) is 11.3 Å². The van der Waals surface area contributed by atoms with Crippen molar-refractivity contribution >= 4 is 27.3 Å². The second-order valence-electron chi connectivity index (χ2n) is 9.92. The van der Waals surface area contributed by atoms with Gasteiger partial charge in [-0.15, -0.1) is 0 Å². The second-order valence-corrected chi connectivity index (χ2v) is 11.8. The number of hydrogen-bond donors (Lipinski definition) is 3. The van der Waals surface area contributed by atoms with Gasteiger partial charge in [0.25, 0.3) is 5.91 Å². The van der Waals surface area contributed by atoms with Crippen molar-refractivity contribution in [3.8, 4) is 0 Å². The van der Waals surface area contributed by atoms with Gasteiger partial charge in [0.1, 0.15) is 0 Å². The average Bonchev–Trinajstić information content (AvgIpc) is 2.97. The Bertz CT molecular complexity index is 1620. The molecule has 0 spiro atoms. The van der Waals surface area contributed by atoms with Crippen LogP contribution in [-0.4, -0.2) is 49.4 Å². The van der Waals surface area contributed by atoms with Gasteiger partial charge in [0.2, 0.25) is 10.0 Å². The van der Waals surface area contributed by atoms with Crippen LogP contribution in [0.3, 0.4) is 0 Å². The summed E-state index contributed by atoms with van der Waals surface area (Å²) in [5.41, 5.74) is 0.798. The van der Waals surface area contributed by atoms with Crippen molar-refractivity contribution in [3.63, 3.8) is 0 Å². The van der Waals surface area contributed by atoms with E-state index >= 15 is 0 Å². The van der Waals surface area contributed by atoms with Crippen molar-refractivity contribution in [2.45, 2.75) is 31.3 Å². The van der Waals surface area contributed by atoms with E-state index in [1.165, 1.54) is 24.5 Å². The number of halogens is 3. The molecule has 1 amide bonds. The lowest BCUT2D eigenvalue weighted by Gasteiger charge is -2.27. The maximum absolute atomic E-state index is 13.7. The third-order valence-corrected chi connectivity index (χ3v) is 7.67. The van der Waals surface area contributed by atoms with E-state index < -0.39 is 39.8 Å². The summed E-state index contributed by atoms with van der Waals surface area (Å²) in [6.45, 7) is 0.0125. The highest BCUT2D eigenvalue weighted by atomic mass is 32.2. The SMILES string of the molecule is CS(=O)(=O)N(c1ccccc1)c1cnccc1C(=O)N[C@@H](Cc1ccccc1)[C@H](O)CNCc1cccc(C(F)(F)F)c1. The van der Waals surface area contributed by atoms with Crippen molar-refractivity contribution in [2.24, 2.45) is 0 Å². The number of carbonyl (C=O) groups excluding carboxylic acids is 1. The zero-order chi connectivity index (χ0) is 31.0. The molecule has 2 atom stereocenters. The van der Waals surface area contributed by atoms with Gasteiger partial charge in [-0.1, -0.05) is 66.7 Å². The number of nitrogens with one attached hydrogen (secondary N) is 2. The first-order valence-corrected chi connectivity index (χ1v) is 15.2. The van der Waals surface area contributed by atoms with Gasteiger partial charge in [-0.3, -0.25) is 9.78 Å². The molecular formula is C31H31F3N4O4S. The summed E-state index contributed by atoms with van der Waals surface area (Å²) in [5, 5.41) is 16.9. The topological polar surface area (TPSA) is 112 Å². The monoisotopic (exact) mass is 612 g/mol. The van der Waals surface area contributed by atoms with Crippen LogP contribution in [0.4, 0.5) is 24.5 Å². The Kier molecular flexibility index (Phi) is 10.2. The Balaban J connectivity index is 1.56. The Morgan fingerprint density at radius 3 is 2.26 bits per heavy atom. The Labute approximate surface area is 248 Å². The van der Waals surface area contributed by atoms with Crippen molar-refractivity contribution in [1.82, 2.24) is 15.6 Å². The fourth-order valence-electron chi connectivity index (χ4n) is 4.57. The van der Waals surface area contributed by atoms with Crippen molar-refractivity contribution in [1.29, 1.82) is 0 Å². The minimum Gasteiger partial charge on any atom is -0.390 e. The van der Waals surface area contributed by atoms with Gasteiger partial charge in [0, 0.05) is 19.3 Å². The summed E-state index contributed by atoms with van der Waals surface area (Å²) in [7, 11) is -3.89. The van der Waals surface area contributed by atoms with Gasteiger partial charge in [-0.25, -0.2) is 12.7 Å². The number of benzene rings is 3. The standard InChI is InChI=1S/C31H31F3N4O4S/c1-43(41,42)38(25-13-6-3-7-14-25)28-20-35-16-15-26(28)30(40)37-27(18-22-9-4-2-5-10-22)29(39)21-36-19-23-11-8-12-24(17-23)31(32,33)34/h2-17,20,27,29,36,39H,18-19,21H2,1H3,(H,37,40)/t27-,29+/m0/s1. The van der Waals surface area contributed by atoms with Crippen molar-refractivity contribution in [3.05, 3.63) is 126 Å². The molecule has 226 valence electrons. The molecule has 0 aliphatic carbocycles. The maximum atomic E-state index is 13.7. The van der Waals surface area contributed by atoms with Crippen molar-refractivity contribution in [2.75, 3.05) is 17.1 Å². The van der Waals surface area contributed by atoms with E-state index in [4.69, 9.17) is 0 Å². The molecule has 3 aromatic carbocycles. The van der Waals surface area contributed by atoms with Gasteiger partial charge in [0.05, 0.1) is 47.1 Å². The highest BCUT2D eigenvalue weighted by molar-refractivity contribution is 7.92. The summed E-state index contributed by atoms with van der Waals surface area (Å²) in [6.07, 6.45) is -1.73. The van der Waals surface area contributed by atoms with Gasteiger partial charge >= 0.3 is 6.18 Å². The van der Waals surface area contributed by atoms with Gasteiger partial charge in [-0.05, 0) is 41.8 Å². The molecule has 0 aliphatic heterocycles. The molecule has 12 heteroatoms. The number of sulfonamides is 1. The van der Waals surface area contributed by atoms with Crippen LogP contribution in [0, 0.1) is 0 Å². The summed E-state index contributed by atoms with van der Waals surface area (Å²) >= 11 is 0. The maximum Gasteiger partial charge on any atom is 0.416 e. The van der Waals surface area contributed by atoms with E-state index in [9.17, 15) is 31.5 Å². The van der Waals surface area contributed by atoms with Crippen LogP contribution in [0.2, 0.25) is 0 Å². The lowest BCUT2D eigenvalue weighted by Crippen LogP contribution is -2.49. The summed E-state index contributed by atoms with van der Waals surface area (Å²) in [6, 6.07) is 22.8. The minimum absolute atomic E-state index is 0.0199. The molecule has 8 nitrogen and oxygen atoms in total. The number of nitrogens with zero attached hydrogens (tertiary/aromatic N) is 2. The molecule has 4 aromatic rings. The number of anilines is 2. The number of para-hydroxylation sites is 1. The van der Waals surface area contributed by atoms with Crippen LogP contribution >= 0.6 is 0 Å². The van der Waals surface area contributed by atoms with Gasteiger partial charge < -0.3 is 15.7 Å². The Morgan fingerprint density at radius 2 is 1.60 bits per heavy atom. The fourth-order valence-corrected chi connectivity index (χ4v) is 5.58. The van der Waals surface area contributed by atoms with Crippen LogP contribution in [-0.2, 0) is 29.2 Å². The molecule has 0 saturated heterocycles. The number of aliphatic hydroxyl groups is 1. The van der Waals surface area contributed by atoms with Crippen LogP contribution in [0.25, 0.3) is 0 Å². The third kappa shape index (κ3) is 8.63. The van der Waals surface area contributed by atoms with E-state index in [-0.39, 0.29) is 30.8 Å². The van der Waals surface area contributed by atoms with E-state index in [1.807, 2.05) is 30.3 Å². The van der Waals surface area contributed by atoms with Crippen LogP contribution in [0.5, 0.6) is 0 Å². The first-order chi connectivity index (χ1) is 20.4. The molecule has 0 saturated carbocycles. The first kappa shape index (κ1) is 31.7. The number of carbonyl (C=O) groups is 1. The van der Waals surface area contributed by atoms with Crippen LogP contribution in [0.1, 0.15) is 27.0 Å². The fraction of sp³-hybridized carbons (Fsp3) is 0.226. The van der Waals surface area contributed by atoms with E-state index in [2.05, 4.69) is 15.6 Å². The number of rotatable bonds is 12. The molecule has 43 heavy (non-hydrogen) atoms. The molecular weight excluding hydrogens is 581 g/mol. The third-order valence-electron chi connectivity index (χ3n) is 6.60. The summed E-state index contributed by atoms with van der Waals surface area (Å²) < 4.78 is 66.0. The van der Waals surface area contributed by atoms with E-state index in [1.54, 1.807) is 36.4 Å². The quantitative estimate of drug-likeness (QED) is 0.214. The van der Waals surface area contributed by atoms with Gasteiger partial charge in [-0.2, -0.15) is 13.2 Å². The highest BCUT2D eigenvalue weighted by Gasteiger charge is 2.31. The molecule has 4 rings (SSSR count). The number of aliphatic hydroxyl groups excluding tert-OH is 1. The number of alkyl halides is 3. The summed E-state index contributed by atoms with van der Waals surface area (Å²) in [4.78, 5) is 17.7. The molecule has 1 heterocycles. The molecule has 0 fully saturated rings. The number of amides is 1. The average molecular weight is 613 g/mol. The first-order valence-electron chi connectivity index (χ1n) is 13.3. The Hall–Kier alpha value is -4.26. The number of pyridine rings is 1. The van der Waals surface area contributed by atoms with Crippen LogP contribution in [0.15, 0.2) is 103 Å². The lowest BCUT2D eigenvalue weighted by atomic mass is 10.00. The largest absolute Gasteiger partial charge is 0.416 e. The highest BCUT2D eigenvalue weighted by Crippen LogP contribution is 2.31. The molecule has 0 unspecified atom stereocenters. The molecule has 0 aliphatic rings. The number of hydrogen-bond acceptors (Lipinski definition) is 6. The Morgan fingerprint density at radius 1 is 0.953 bits per heavy atom. The summed E-state index contributed by atoms with van der Waals surface area (Å²) in [5.74, 6) is -0.639. The van der Waals surface area contributed by atoms with Gasteiger partial charge in [0.15, 0.2) is 0 Å². The molecule has 0 radical (unpaired) electrons. The number of aromatic nitrogens is 1. The lowest BCUT2D eigenvalue weighted by molar-refractivity contribution is -0.137. The normalized spacial score (nSPS) is 13.2. The van der Waals surface area contributed by atoms with E-state index in [0.717, 1.165) is 28.3 Å². The molecule has 3 N–H and O–H groups in total. The van der Waals surface area contributed by atoms with Crippen LogP contribution < -0.4 is 14.9 Å². The second kappa shape index (κ2) is 13.8. The predicted molar refractivity (Wildman–Crippen MR) is 158 cm³/mol. The molecule has 0 bridgehead atoms. The van der Waals surface area contributed by atoms with Crippen molar-refractivity contribution < 1.29 is 31.5 Å². The predicted octanol–water partition coefficient (Wildman–Crippen LogP) is 4.69.